The maximum atomic E-state index is 12.1. The lowest BCUT2D eigenvalue weighted by Crippen LogP contribution is -2.50. The molecule has 4 nitrogen and oxygen atoms in total. The molecule has 2 N–H and O–H groups in total. The number of carbonyl (C=O) groups excluding carboxylic acids is 1. The number of hydrogen-bond donors (Lipinski definition) is 1. The van der Waals surface area contributed by atoms with Crippen molar-refractivity contribution in [3.05, 3.63) is 0 Å². The molecule has 2 rings (SSSR count). The van der Waals surface area contributed by atoms with E-state index >= 15 is 0 Å². The molecule has 0 radical (unpaired) electrons. The summed E-state index contributed by atoms with van der Waals surface area (Å²) < 4.78 is 0. The van der Waals surface area contributed by atoms with E-state index in [0.29, 0.717) is 12.5 Å². The van der Waals surface area contributed by atoms with Crippen LogP contribution in [0, 0.1) is 11.8 Å². The van der Waals surface area contributed by atoms with Gasteiger partial charge in [0.15, 0.2) is 0 Å². The quantitative estimate of drug-likeness (QED) is 0.761. The van der Waals surface area contributed by atoms with Crippen LogP contribution in [0.1, 0.15) is 26.2 Å². The lowest BCUT2D eigenvalue weighted by atomic mass is 10.1. The Morgan fingerprint density at radius 2 is 1.94 bits per heavy atom. The summed E-state index contributed by atoms with van der Waals surface area (Å²) >= 11 is 0. The van der Waals surface area contributed by atoms with E-state index < -0.39 is 0 Å². The number of piperazine rings is 1. The lowest BCUT2D eigenvalue weighted by Gasteiger charge is -2.36. The van der Waals surface area contributed by atoms with Crippen molar-refractivity contribution < 1.29 is 4.79 Å². The summed E-state index contributed by atoms with van der Waals surface area (Å²) in [5, 5.41) is 0. The highest BCUT2D eigenvalue weighted by Gasteiger charge is 2.28. The average molecular weight is 239 g/mol. The van der Waals surface area contributed by atoms with Crippen molar-refractivity contribution in [2.45, 2.75) is 26.2 Å². The second-order valence-electron chi connectivity index (χ2n) is 5.55. The molecule has 1 aliphatic carbocycles. The van der Waals surface area contributed by atoms with E-state index in [9.17, 15) is 4.79 Å². The monoisotopic (exact) mass is 239 g/mol. The van der Waals surface area contributed by atoms with Crippen LogP contribution in [0.25, 0.3) is 0 Å². The Hall–Kier alpha value is -0.610. The molecular weight excluding hydrogens is 214 g/mol. The van der Waals surface area contributed by atoms with Crippen LogP contribution in [0.2, 0.25) is 0 Å². The number of amides is 1. The Morgan fingerprint density at radius 3 is 2.47 bits per heavy atom. The molecule has 1 heterocycles. The second kappa shape index (κ2) is 5.83. The molecule has 2 aliphatic rings. The number of nitrogens with zero attached hydrogens (tertiary/aromatic N) is 2. The van der Waals surface area contributed by atoms with Crippen LogP contribution < -0.4 is 5.73 Å². The van der Waals surface area contributed by atoms with Crippen LogP contribution >= 0.6 is 0 Å². The zero-order valence-corrected chi connectivity index (χ0v) is 10.9. The minimum absolute atomic E-state index is 0.0926. The van der Waals surface area contributed by atoms with Gasteiger partial charge in [0.25, 0.3) is 0 Å². The third kappa shape index (κ3) is 3.68. The van der Waals surface area contributed by atoms with Gasteiger partial charge in [-0.1, -0.05) is 6.92 Å². The molecular formula is C13H25N3O. The van der Waals surface area contributed by atoms with Crippen LogP contribution in [-0.4, -0.2) is 55.0 Å². The van der Waals surface area contributed by atoms with E-state index in [1.165, 1.54) is 19.4 Å². The fraction of sp³-hybridized carbons (Fsp3) is 0.923. The molecule has 1 unspecified atom stereocenters. The number of carbonyl (C=O) groups is 1. The van der Waals surface area contributed by atoms with Crippen LogP contribution in [0.5, 0.6) is 0 Å². The zero-order chi connectivity index (χ0) is 12.3. The van der Waals surface area contributed by atoms with Crippen molar-refractivity contribution in [1.29, 1.82) is 0 Å². The van der Waals surface area contributed by atoms with Gasteiger partial charge >= 0.3 is 0 Å². The summed E-state index contributed by atoms with van der Waals surface area (Å²) in [5.74, 6) is 1.34. The minimum Gasteiger partial charge on any atom is -0.340 e. The topological polar surface area (TPSA) is 49.6 Å². The average Bonchev–Trinajstić information content (AvgIpc) is 3.13. The Kier molecular flexibility index (Phi) is 4.40. The molecule has 0 aromatic heterocycles. The number of nitrogens with two attached hydrogens (primary N) is 1. The molecule has 1 amide bonds. The molecule has 2 fully saturated rings. The minimum atomic E-state index is 0.0926. The molecule has 0 spiro atoms. The summed E-state index contributed by atoms with van der Waals surface area (Å²) in [6.45, 7) is 7.76. The SMILES string of the molecule is CC(CCN)C(=O)N1CCN(CC2CC2)CC1. The fourth-order valence-corrected chi connectivity index (χ4v) is 2.50. The van der Waals surface area contributed by atoms with Crippen molar-refractivity contribution in [3.8, 4) is 0 Å². The van der Waals surface area contributed by atoms with Crippen LogP contribution in [0.4, 0.5) is 0 Å². The van der Waals surface area contributed by atoms with E-state index in [-0.39, 0.29) is 5.92 Å². The highest BCUT2D eigenvalue weighted by atomic mass is 16.2. The summed E-state index contributed by atoms with van der Waals surface area (Å²) in [6, 6.07) is 0. The van der Waals surface area contributed by atoms with E-state index in [4.69, 9.17) is 5.73 Å². The summed E-state index contributed by atoms with van der Waals surface area (Å²) in [6.07, 6.45) is 3.63. The Labute approximate surface area is 104 Å². The van der Waals surface area contributed by atoms with Gasteiger partial charge in [-0.3, -0.25) is 9.69 Å². The molecule has 4 heteroatoms. The van der Waals surface area contributed by atoms with Crippen molar-refractivity contribution in [2.24, 2.45) is 17.6 Å². The molecule has 1 saturated heterocycles. The van der Waals surface area contributed by atoms with E-state index in [1.807, 2.05) is 11.8 Å². The van der Waals surface area contributed by atoms with E-state index in [1.54, 1.807) is 0 Å². The van der Waals surface area contributed by atoms with Crippen molar-refractivity contribution in [1.82, 2.24) is 9.80 Å². The van der Waals surface area contributed by atoms with Crippen molar-refractivity contribution in [3.63, 3.8) is 0 Å². The largest absolute Gasteiger partial charge is 0.340 e. The fourth-order valence-electron chi connectivity index (χ4n) is 2.50. The third-order valence-corrected chi connectivity index (χ3v) is 3.92. The van der Waals surface area contributed by atoms with Gasteiger partial charge in [0.1, 0.15) is 0 Å². The third-order valence-electron chi connectivity index (χ3n) is 3.92. The van der Waals surface area contributed by atoms with E-state index in [0.717, 1.165) is 38.5 Å². The first kappa shape index (κ1) is 12.8. The van der Waals surface area contributed by atoms with Crippen LogP contribution in [0.15, 0.2) is 0 Å². The van der Waals surface area contributed by atoms with Gasteiger partial charge in [0, 0.05) is 38.6 Å². The summed E-state index contributed by atoms with van der Waals surface area (Å²) in [4.78, 5) is 16.6. The maximum absolute atomic E-state index is 12.1. The molecule has 1 saturated carbocycles. The molecule has 0 bridgehead atoms. The Morgan fingerprint density at radius 1 is 1.29 bits per heavy atom. The number of hydrogen-bond acceptors (Lipinski definition) is 3. The molecule has 1 aliphatic heterocycles. The van der Waals surface area contributed by atoms with Gasteiger partial charge < -0.3 is 10.6 Å². The smallest absolute Gasteiger partial charge is 0.225 e. The van der Waals surface area contributed by atoms with Gasteiger partial charge in [-0.15, -0.1) is 0 Å². The first-order valence-electron chi connectivity index (χ1n) is 6.92. The second-order valence-corrected chi connectivity index (χ2v) is 5.55. The Balaban J connectivity index is 1.71. The normalized spacial score (nSPS) is 23.8. The van der Waals surface area contributed by atoms with Gasteiger partial charge in [0.2, 0.25) is 5.91 Å². The van der Waals surface area contributed by atoms with Crippen molar-refractivity contribution in [2.75, 3.05) is 39.3 Å². The van der Waals surface area contributed by atoms with Gasteiger partial charge in [0.05, 0.1) is 0 Å². The Bertz CT molecular complexity index is 257. The molecule has 17 heavy (non-hydrogen) atoms. The highest BCUT2D eigenvalue weighted by molar-refractivity contribution is 5.78. The number of rotatable bonds is 5. The predicted octanol–water partition coefficient (Wildman–Crippen LogP) is 0.526. The summed E-state index contributed by atoms with van der Waals surface area (Å²) in [5.41, 5.74) is 5.50. The van der Waals surface area contributed by atoms with Crippen LogP contribution in [0.3, 0.4) is 0 Å². The van der Waals surface area contributed by atoms with Gasteiger partial charge in [-0.25, -0.2) is 0 Å². The van der Waals surface area contributed by atoms with Crippen LogP contribution in [-0.2, 0) is 4.79 Å². The van der Waals surface area contributed by atoms with Gasteiger partial charge in [-0.05, 0) is 31.7 Å². The molecule has 0 aromatic rings. The summed E-state index contributed by atoms with van der Waals surface area (Å²) in [7, 11) is 0. The standard InChI is InChI=1S/C13H25N3O/c1-11(4-5-14)13(17)16-8-6-15(7-9-16)10-12-2-3-12/h11-12H,2-10,14H2,1H3. The zero-order valence-electron chi connectivity index (χ0n) is 10.9. The molecule has 1 atom stereocenters. The highest BCUT2D eigenvalue weighted by Crippen LogP contribution is 2.29. The lowest BCUT2D eigenvalue weighted by molar-refractivity contribution is -0.136. The van der Waals surface area contributed by atoms with Crippen molar-refractivity contribution >= 4 is 5.91 Å². The molecule has 98 valence electrons. The first-order valence-corrected chi connectivity index (χ1v) is 6.92. The molecule has 0 aromatic carbocycles. The van der Waals surface area contributed by atoms with Gasteiger partial charge in [-0.2, -0.15) is 0 Å². The van der Waals surface area contributed by atoms with E-state index in [2.05, 4.69) is 4.90 Å². The predicted molar refractivity (Wildman–Crippen MR) is 68.6 cm³/mol. The maximum Gasteiger partial charge on any atom is 0.225 e. The first-order chi connectivity index (χ1) is 8.20.